The predicted octanol–water partition coefficient (Wildman–Crippen LogP) is -1.07. The van der Waals surface area contributed by atoms with Crippen molar-refractivity contribution in [2.75, 3.05) is 39.3 Å². The second-order valence-electron chi connectivity index (χ2n) is 4.82. The average Bonchev–Trinajstić information content (AvgIpc) is 2.48. The Labute approximate surface area is 116 Å². The van der Waals surface area contributed by atoms with Crippen LogP contribution in [-0.2, 0) is 0 Å². The molecule has 0 aromatic heterocycles. The first-order valence-corrected chi connectivity index (χ1v) is 6.60. The highest BCUT2D eigenvalue weighted by Crippen LogP contribution is 2.13. The van der Waals surface area contributed by atoms with E-state index in [1.165, 1.54) is 29.2 Å². The zero-order chi connectivity index (χ0) is 14.5. The van der Waals surface area contributed by atoms with E-state index < -0.39 is 4.92 Å². The number of nitrogens with zero attached hydrogens (tertiary/aromatic N) is 2. The van der Waals surface area contributed by atoms with Gasteiger partial charge in [-0.15, -0.1) is 0 Å². The van der Waals surface area contributed by atoms with Crippen LogP contribution >= 0.6 is 0 Å². The first-order valence-electron chi connectivity index (χ1n) is 6.60. The van der Waals surface area contributed by atoms with Crippen LogP contribution < -0.4 is 4.90 Å². The third-order valence-corrected chi connectivity index (χ3v) is 3.55. The minimum absolute atomic E-state index is 0.0150. The van der Waals surface area contributed by atoms with Crippen LogP contribution in [0.3, 0.4) is 0 Å². The van der Waals surface area contributed by atoms with Crippen molar-refractivity contribution in [3.8, 4) is 0 Å². The number of hydrogen-bond donors (Lipinski definition) is 2. The fourth-order valence-corrected chi connectivity index (χ4v) is 2.34. The summed E-state index contributed by atoms with van der Waals surface area (Å²) < 4.78 is 0. The first kappa shape index (κ1) is 14.4. The van der Waals surface area contributed by atoms with Gasteiger partial charge in [0, 0.05) is 17.7 Å². The quantitative estimate of drug-likeness (QED) is 0.543. The molecule has 1 aliphatic heterocycles. The SMILES string of the molecule is O=C(c1ccc([N+](=O)[O-])cc1)N1CC[NH+](CCO)CC1. The van der Waals surface area contributed by atoms with E-state index in [1.807, 2.05) is 0 Å². The lowest BCUT2D eigenvalue weighted by molar-refractivity contribution is -0.904. The number of quaternary nitrogens is 1. The van der Waals surface area contributed by atoms with Crippen LogP contribution in [0.5, 0.6) is 0 Å². The summed E-state index contributed by atoms with van der Waals surface area (Å²) >= 11 is 0. The van der Waals surface area contributed by atoms with Crippen molar-refractivity contribution in [1.29, 1.82) is 0 Å². The van der Waals surface area contributed by atoms with E-state index in [1.54, 1.807) is 4.90 Å². The molecule has 20 heavy (non-hydrogen) atoms. The van der Waals surface area contributed by atoms with Gasteiger partial charge in [-0.25, -0.2) is 0 Å². The van der Waals surface area contributed by atoms with E-state index in [9.17, 15) is 14.9 Å². The largest absolute Gasteiger partial charge is 0.391 e. The standard InChI is InChI=1S/C13H17N3O4/c17-10-9-14-5-7-15(8-6-14)13(18)11-1-3-12(4-2-11)16(19)20/h1-4,17H,5-10H2/p+1. The second-order valence-corrected chi connectivity index (χ2v) is 4.82. The topological polar surface area (TPSA) is 88.1 Å². The molecular formula is C13H18N3O4+. The molecule has 0 unspecified atom stereocenters. The van der Waals surface area contributed by atoms with E-state index in [2.05, 4.69) is 0 Å². The molecular weight excluding hydrogens is 262 g/mol. The minimum atomic E-state index is -0.481. The molecule has 1 heterocycles. The normalized spacial score (nSPS) is 16.1. The fourth-order valence-electron chi connectivity index (χ4n) is 2.34. The summed E-state index contributed by atoms with van der Waals surface area (Å²) in [7, 11) is 0. The maximum atomic E-state index is 12.2. The summed E-state index contributed by atoms with van der Waals surface area (Å²) in [6, 6.07) is 5.68. The van der Waals surface area contributed by atoms with E-state index >= 15 is 0 Å². The molecule has 1 aromatic carbocycles. The highest BCUT2D eigenvalue weighted by atomic mass is 16.6. The molecule has 1 aliphatic rings. The summed E-state index contributed by atoms with van der Waals surface area (Å²) in [5, 5.41) is 19.5. The Morgan fingerprint density at radius 1 is 1.30 bits per heavy atom. The van der Waals surface area contributed by atoms with Crippen molar-refractivity contribution >= 4 is 11.6 Å². The van der Waals surface area contributed by atoms with Crippen LogP contribution in [0.2, 0.25) is 0 Å². The fraction of sp³-hybridized carbons (Fsp3) is 0.462. The third-order valence-electron chi connectivity index (χ3n) is 3.55. The van der Waals surface area contributed by atoms with Crippen molar-refractivity contribution in [3.05, 3.63) is 39.9 Å². The number of nitro benzene ring substituents is 1. The molecule has 1 saturated heterocycles. The Hall–Kier alpha value is -1.99. The summed E-state index contributed by atoms with van der Waals surface area (Å²) in [6.07, 6.45) is 0. The molecule has 0 aliphatic carbocycles. The molecule has 1 amide bonds. The van der Waals surface area contributed by atoms with Gasteiger partial charge in [0.1, 0.15) is 6.54 Å². The molecule has 0 atom stereocenters. The Kier molecular flexibility index (Phi) is 4.65. The number of hydrogen-bond acceptors (Lipinski definition) is 4. The van der Waals surface area contributed by atoms with Gasteiger partial charge in [-0.3, -0.25) is 14.9 Å². The maximum absolute atomic E-state index is 12.2. The molecule has 0 spiro atoms. The van der Waals surface area contributed by atoms with Crippen LogP contribution in [0, 0.1) is 10.1 Å². The zero-order valence-electron chi connectivity index (χ0n) is 11.1. The van der Waals surface area contributed by atoms with Gasteiger partial charge in [-0.05, 0) is 12.1 Å². The van der Waals surface area contributed by atoms with Crippen LogP contribution in [0.15, 0.2) is 24.3 Å². The van der Waals surface area contributed by atoms with Gasteiger partial charge < -0.3 is 14.9 Å². The van der Waals surface area contributed by atoms with Gasteiger partial charge in [-0.1, -0.05) is 0 Å². The number of nitro groups is 1. The molecule has 1 aromatic rings. The van der Waals surface area contributed by atoms with Gasteiger partial charge >= 0.3 is 0 Å². The van der Waals surface area contributed by atoms with E-state index in [0.717, 1.165) is 13.1 Å². The zero-order valence-corrected chi connectivity index (χ0v) is 11.1. The molecule has 7 nitrogen and oxygen atoms in total. The smallest absolute Gasteiger partial charge is 0.269 e. The van der Waals surface area contributed by atoms with Crippen molar-refractivity contribution in [3.63, 3.8) is 0 Å². The highest BCUT2D eigenvalue weighted by Gasteiger charge is 2.24. The summed E-state index contributed by atoms with van der Waals surface area (Å²) in [4.78, 5) is 25.4. The van der Waals surface area contributed by atoms with Crippen LogP contribution in [0.1, 0.15) is 10.4 Å². The predicted molar refractivity (Wildman–Crippen MR) is 71.6 cm³/mol. The van der Waals surface area contributed by atoms with Crippen LogP contribution in [-0.4, -0.2) is 60.2 Å². The maximum Gasteiger partial charge on any atom is 0.269 e. The number of nitrogens with one attached hydrogen (secondary N) is 1. The number of benzene rings is 1. The average molecular weight is 280 g/mol. The molecule has 1 fully saturated rings. The summed E-state index contributed by atoms with van der Waals surface area (Å²) in [5.74, 6) is -0.0945. The van der Waals surface area contributed by atoms with Gasteiger partial charge in [0.15, 0.2) is 0 Å². The summed E-state index contributed by atoms with van der Waals surface area (Å²) in [5.41, 5.74) is 0.458. The van der Waals surface area contributed by atoms with Gasteiger partial charge in [-0.2, -0.15) is 0 Å². The minimum Gasteiger partial charge on any atom is -0.391 e. The number of amides is 1. The van der Waals surface area contributed by atoms with Crippen molar-refractivity contribution in [2.24, 2.45) is 0 Å². The summed E-state index contributed by atoms with van der Waals surface area (Å²) in [6.45, 7) is 3.79. The van der Waals surface area contributed by atoms with Gasteiger partial charge in [0.05, 0.1) is 37.7 Å². The van der Waals surface area contributed by atoms with Crippen LogP contribution in [0.25, 0.3) is 0 Å². The van der Waals surface area contributed by atoms with E-state index in [0.29, 0.717) is 25.2 Å². The lowest BCUT2D eigenvalue weighted by Gasteiger charge is -2.31. The number of non-ortho nitro benzene ring substituents is 1. The molecule has 7 heteroatoms. The molecule has 2 N–H and O–H groups in total. The van der Waals surface area contributed by atoms with Crippen molar-refractivity contribution in [1.82, 2.24) is 4.90 Å². The number of piperazine rings is 1. The number of carbonyl (C=O) groups excluding carboxylic acids is 1. The molecule has 0 radical (unpaired) electrons. The van der Waals surface area contributed by atoms with E-state index in [4.69, 9.17) is 5.11 Å². The number of aliphatic hydroxyl groups excluding tert-OH is 1. The first-order chi connectivity index (χ1) is 9.61. The Balaban J connectivity index is 1.96. The van der Waals surface area contributed by atoms with Gasteiger partial charge in [0.25, 0.3) is 11.6 Å². The monoisotopic (exact) mass is 280 g/mol. The molecule has 108 valence electrons. The second kappa shape index (κ2) is 6.44. The number of rotatable bonds is 4. The Morgan fingerprint density at radius 3 is 2.40 bits per heavy atom. The van der Waals surface area contributed by atoms with Gasteiger partial charge in [0.2, 0.25) is 0 Å². The third kappa shape index (κ3) is 3.31. The molecule has 0 bridgehead atoms. The Morgan fingerprint density at radius 2 is 1.90 bits per heavy atom. The number of aliphatic hydroxyl groups is 1. The lowest BCUT2D eigenvalue weighted by Crippen LogP contribution is -3.15. The van der Waals surface area contributed by atoms with Crippen molar-refractivity contribution in [2.45, 2.75) is 0 Å². The number of carbonyl (C=O) groups is 1. The lowest BCUT2D eigenvalue weighted by atomic mass is 10.1. The van der Waals surface area contributed by atoms with Crippen molar-refractivity contribution < 1.29 is 19.7 Å². The highest BCUT2D eigenvalue weighted by molar-refractivity contribution is 5.94. The van der Waals surface area contributed by atoms with Crippen LogP contribution in [0.4, 0.5) is 5.69 Å². The Bertz CT molecular complexity index is 481. The molecule has 0 saturated carbocycles. The van der Waals surface area contributed by atoms with E-state index in [-0.39, 0.29) is 18.2 Å². The molecule has 2 rings (SSSR count).